The van der Waals surface area contributed by atoms with Crippen molar-refractivity contribution in [1.82, 2.24) is 0 Å². The molecule has 1 heterocycles. The Morgan fingerprint density at radius 2 is 1.88 bits per heavy atom. The average Bonchev–Trinajstić information content (AvgIpc) is 2.25. The lowest BCUT2D eigenvalue weighted by molar-refractivity contribution is -0.542. The van der Waals surface area contributed by atoms with Crippen molar-refractivity contribution in [3.63, 3.8) is 0 Å². The van der Waals surface area contributed by atoms with Gasteiger partial charge < -0.3 is 25.2 Å². The van der Waals surface area contributed by atoms with Crippen LogP contribution in [0.1, 0.15) is 0 Å². The summed E-state index contributed by atoms with van der Waals surface area (Å²) in [7, 11) is 0. The maximum atomic E-state index is 10.0. The molecule has 0 aliphatic carbocycles. The van der Waals surface area contributed by atoms with E-state index in [0.717, 1.165) is 0 Å². The molecule has 1 aliphatic heterocycles. The molecule has 0 unspecified atom stereocenters. The first-order chi connectivity index (χ1) is 7.47. The number of aliphatic hydroxyl groups is 4. The summed E-state index contributed by atoms with van der Waals surface area (Å²) < 4.78 is 9.40. The second-order valence-electron chi connectivity index (χ2n) is 3.33. The van der Waals surface area contributed by atoms with Crippen LogP contribution in [0.3, 0.4) is 0 Å². The van der Waals surface area contributed by atoms with Crippen LogP contribution in [0.15, 0.2) is 0 Å². The molecule has 9 heteroatoms. The number of nitro groups is 1. The van der Waals surface area contributed by atoms with Crippen LogP contribution in [0.5, 0.6) is 0 Å². The minimum atomic E-state index is -1.61. The molecule has 5 atom stereocenters. The Morgan fingerprint density at radius 1 is 1.25 bits per heavy atom. The summed E-state index contributed by atoms with van der Waals surface area (Å²) in [6, 6.07) is 0. The predicted octanol–water partition coefficient (Wildman–Crippen LogP) is -2.96. The highest BCUT2D eigenvalue weighted by Crippen LogP contribution is 2.21. The fourth-order valence-electron chi connectivity index (χ4n) is 1.34. The number of rotatable bonds is 4. The Kier molecular flexibility index (Phi) is 4.53. The van der Waals surface area contributed by atoms with E-state index in [4.69, 9.17) is 9.84 Å². The zero-order chi connectivity index (χ0) is 12.3. The zero-order valence-corrected chi connectivity index (χ0v) is 8.17. The molecule has 16 heavy (non-hydrogen) atoms. The van der Waals surface area contributed by atoms with E-state index in [1.807, 2.05) is 0 Å². The largest absolute Gasteiger partial charge is 0.394 e. The van der Waals surface area contributed by atoms with Gasteiger partial charge >= 0.3 is 6.73 Å². The van der Waals surface area contributed by atoms with Gasteiger partial charge in [0.1, 0.15) is 24.4 Å². The minimum Gasteiger partial charge on any atom is -0.394 e. The monoisotopic (exact) mass is 239 g/mol. The Balaban J connectivity index is 2.60. The van der Waals surface area contributed by atoms with E-state index in [1.54, 1.807) is 0 Å². The summed E-state index contributed by atoms with van der Waals surface area (Å²) in [4.78, 5) is 9.24. The van der Waals surface area contributed by atoms with Crippen LogP contribution >= 0.6 is 0 Å². The quantitative estimate of drug-likeness (QED) is 0.231. The van der Waals surface area contributed by atoms with E-state index in [9.17, 15) is 25.4 Å². The van der Waals surface area contributed by atoms with E-state index in [1.165, 1.54) is 0 Å². The van der Waals surface area contributed by atoms with Gasteiger partial charge in [-0.1, -0.05) is 0 Å². The molecule has 0 saturated carbocycles. The van der Waals surface area contributed by atoms with Crippen LogP contribution in [0.2, 0.25) is 0 Å². The van der Waals surface area contributed by atoms with E-state index in [-0.39, 0.29) is 0 Å². The summed E-state index contributed by atoms with van der Waals surface area (Å²) in [6.45, 7) is -1.52. The highest BCUT2D eigenvalue weighted by Gasteiger charge is 2.44. The Morgan fingerprint density at radius 3 is 2.38 bits per heavy atom. The van der Waals surface area contributed by atoms with Gasteiger partial charge in [0.25, 0.3) is 0 Å². The van der Waals surface area contributed by atoms with Gasteiger partial charge in [-0.3, -0.25) is 14.9 Å². The number of aliphatic hydroxyl groups excluding tert-OH is 4. The van der Waals surface area contributed by atoms with Crippen molar-refractivity contribution >= 4 is 0 Å². The molecule has 1 fully saturated rings. The molecule has 0 amide bonds. The lowest BCUT2D eigenvalue weighted by Gasteiger charge is -2.38. The van der Waals surface area contributed by atoms with Crippen LogP contribution in [-0.4, -0.2) is 69.4 Å². The van der Waals surface area contributed by atoms with Crippen molar-refractivity contribution in [1.29, 1.82) is 0 Å². The number of ether oxygens (including phenoxy) is 2. The van der Waals surface area contributed by atoms with Crippen LogP contribution in [0, 0.1) is 10.1 Å². The third-order valence-corrected chi connectivity index (χ3v) is 2.19. The van der Waals surface area contributed by atoms with Gasteiger partial charge in [-0.25, -0.2) is 0 Å². The van der Waals surface area contributed by atoms with Gasteiger partial charge in [0.15, 0.2) is 6.29 Å². The fraction of sp³-hybridized carbons (Fsp3) is 1.00. The first kappa shape index (κ1) is 13.2. The molecule has 0 spiro atoms. The molecule has 0 aromatic rings. The van der Waals surface area contributed by atoms with Gasteiger partial charge in [-0.2, -0.15) is 0 Å². The molecule has 0 aromatic heterocycles. The lowest BCUT2D eigenvalue weighted by atomic mass is 9.99. The van der Waals surface area contributed by atoms with Crippen molar-refractivity contribution in [3.8, 4) is 0 Å². The SMILES string of the molecule is O=[N+]([O-])CO[C@@H]1O[C@H](CO)[C@@H](O)[C@H](O)[C@H]1O. The molecular formula is C7H13NO8. The Bertz CT molecular complexity index is 247. The summed E-state index contributed by atoms with van der Waals surface area (Å²) in [6.07, 6.45) is -7.30. The summed E-state index contributed by atoms with van der Waals surface area (Å²) in [5, 5.41) is 46.9. The molecule has 0 radical (unpaired) electrons. The molecule has 0 aromatic carbocycles. The third-order valence-electron chi connectivity index (χ3n) is 2.19. The standard InChI is InChI=1S/C7H13NO8/c9-1-3-4(10)5(11)6(12)7(16-3)15-2-8(13)14/h3-7,9-12H,1-2H2/t3-,4-,5+,6-,7-/m1/s1. The van der Waals surface area contributed by atoms with Crippen LogP contribution < -0.4 is 0 Å². The van der Waals surface area contributed by atoms with Crippen molar-refractivity contribution in [2.24, 2.45) is 0 Å². The van der Waals surface area contributed by atoms with Crippen molar-refractivity contribution in [2.75, 3.05) is 13.3 Å². The molecule has 1 aliphatic rings. The van der Waals surface area contributed by atoms with E-state index >= 15 is 0 Å². The molecular weight excluding hydrogens is 226 g/mol. The predicted molar refractivity (Wildman–Crippen MR) is 46.7 cm³/mol. The molecule has 1 rings (SSSR count). The van der Waals surface area contributed by atoms with Gasteiger partial charge in [0, 0.05) is 4.92 Å². The summed E-state index contributed by atoms with van der Waals surface area (Å²) >= 11 is 0. The van der Waals surface area contributed by atoms with E-state index in [2.05, 4.69) is 4.74 Å². The topological polar surface area (TPSA) is 143 Å². The molecule has 1 saturated heterocycles. The van der Waals surface area contributed by atoms with Gasteiger partial charge in [-0.15, -0.1) is 0 Å². The first-order valence-electron chi connectivity index (χ1n) is 4.51. The van der Waals surface area contributed by atoms with Crippen molar-refractivity contribution < 1.29 is 34.8 Å². The van der Waals surface area contributed by atoms with Gasteiger partial charge in [0.05, 0.1) is 6.61 Å². The van der Waals surface area contributed by atoms with Crippen LogP contribution in [0.4, 0.5) is 0 Å². The van der Waals surface area contributed by atoms with Crippen LogP contribution in [0.25, 0.3) is 0 Å². The number of nitrogens with zero attached hydrogens (tertiary/aromatic N) is 1. The van der Waals surface area contributed by atoms with Crippen molar-refractivity contribution in [3.05, 3.63) is 10.1 Å². The Labute approximate surface area is 90.0 Å². The molecule has 0 bridgehead atoms. The molecule has 94 valence electrons. The average molecular weight is 239 g/mol. The zero-order valence-electron chi connectivity index (χ0n) is 8.17. The molecule has 4 N–H and O–H groups in total. The smallest absolute Gasteiger partial charge is 0.308 e. The normalized spacial score (nSPS) is 39.6. The maximum absolute atomic E-state index is 10.0. The fourth-order valence-corrected chi connectivity index (χ4v) is 1.34. The number of hydrogen-bond acceptors (Lipinski definition) is 8. The summed E-state index contributed by atoms with van der Waals surface area (Å²) in [5.41, 5.74) is 0. The lowest BCUT2D eigenvalue weighted by Crippen LogP contribution is -2.59. The maximum Gasteiger partial charge on any atom is 0.308 e. The van der Waals surface area contributed by atoms with E-state index in [0.29, 0.717) is 0 Å². The second kappa shape index (κ2) is 5.48. The van der Waals surface area contributed by atoms with Crippen molar-refractivity contribution in [2.45, 2.75) is 30.7 Å². The van der Waals surface area contributed by atoms with Gasteiger partial charge in [0.2, 0.25) is 0 Å². The highest BCUT2D eigenvalue weighted by atomic mass is 16.7. The first-order valence-corrected chi connectivity index (χ1v) is 4.51. The highest BCUT2D eigenvalue weighted by molar-refractivity contribution is 4.88. The van der Waals surface area contributed by atoms with Crippen LogP contribution in [-0.2, 0) is 9.47 Å². The molecule has 9 nitrogen and oxygen atoms in total. The summed E-state index contributed by atoms with van der Waals surface area (Å²) in [5.74, 6) is 0. The second-order valence-corrected chi connectivity index (χ2v) is 3.33. The Hall–Kier alpha value is -0.840. The van der Waals surface area contributed by atoms with Gasteiger partial charge in [-0.05, 0) is 0 Å². The van der Waals surface area contributed by atoms with E-state index < -0.39 is 49.0 Å². The third kappa shape index (κ3) is 2.84. The minimum absolute atomic E-state index is 0.608. The number of hydrogen-bond donors (Lipinski definition) is 4.